The van der Waals surface area contributed by atoms with Crippen LogP contribution in [-0.2, 0) is 17.1 Å². The predicted octanol–water partition coefficient (Wildman–Crippen LogP) is 1.23. The molecule has 0 atom stereocenters. The van der Waals surface area contributed by atoms with Gasteiger partial charge >= 0.3 is 0 Å². The van der Waals surface area contributed by atoms with Crippen LogP contribution >= 0.6 is 11.6 Å². The summed E-state index contributed by atoms with van der Waals surface area (Å²) >= 11 is 6.04. The number of aryl methyl sites for hydroxylation is 1. The van der Waals surface area contributed by atoms with Crippen molar-refractivity contribution >= 4 is 21.6 Å². The number of aromatic nitrogens is 2. The summed E-state index contributed by atoms with van der Waals surface area (Å²) in [4.78, 5) is 0. The lowest BCUT2D eigenvalue weighted by molar-refractivity contribution is 0.282. The fraction of sp³-hybridized carbons (Fsp3) is 0.769. The van der Waals surface area contributed by atoms with Crippen molar-refractivity contribution in [2.24, 2.45) is 13.0 Å². The highest BCUT2D eigenvalue weighted by Gasteiger charge is 2.41. The molecule has 0 amide bonds. The van der Waals surface area contributed by atoms with Gasteiger partial charge in [-0.05, 0) is 44.7 Å². The molecule has 0 spiro atoms. The Morgan fingerprint density at radius 3 is 2.57 bits per heavy atom. The van der Waals surface area contributed by atoms with Gasteiger partial charge in [-0.25, -0.2) is 8.42 Å². The van der Waals surface area contributed by atoms with Gasteiger partial charge in [0.2, 0.25) is 0 Å². The van der Waals surface area contributed by atoms with Crippen LogP contribution in [-0.4, -0.2) is 48.2 Å². The minimum atomic E-state index is -3.57. The average molecular weight is 333 g/mol. The van der Waals surface area contributed by atoms with Gasteiger partial charge in [-0.3, -0.25) is 4.68 Å². The van der Waals surface area contributed by atoms with E-state index in [-0.39, 0.29) is 16.1 Å². The van der Waals surface area contributed by atoms with Crippen molar-refractivity contribution in [2.45, 2.75) is 36.8 Å². The van der Waals surface area contributed by atoms with E-state index in [0.717, 1.165) is 38.8 Å². The summed E-state index contributed by atoms with van der Waals surface area (Å²) < 4.78 is 28.9. The highest BCUT2D eigenvalue weighted by Crippen LogP contribution is 2.35. The van der Waals surface area contributed by atoms with Crippen LogP contribution in [0.1, 0.15) is 25.7 Å². The highest BCUT2D eigenvalue weighted by atomic mass is 35.5. The Morgan fingerprint density at radius 2 is 2.05 bits per heavy atom. The molecule has 1 aromatic heterocycles. The van der Waals surface area contributed by atoms with Crippen LogP contribution in [0.5, 0.6) is 0 Å². The first-order valence-electron chi connectivity index (χ1n) is 7.40. The van der Waals surface area contributed by atoms with Crippen molar-refractivity contribution < 1.29 is 8.42 Å². The molecule has 6 nitrogen and oxygen atoms in total. The Hall–Kier alpha value is -0.630. The van der Waals surface area contributed by atoms with Crippen LogP contribution in [0.15, 0.2) is 11.2 Å². The van der Waals surface area contributed by atoms with Crippen LogP contribution in [0.25, 0.3) is 0 Å². The Balaban J connectivity index is 1.86. The van der Waals surface area contributed by atoms with Gasteiger partial charge in [0.1, 0.15) is 0 Å². The summed E-state index contributed by atoms with van der Waals surface area (Å²) in [7, 11) is -1.95. The number of hydrogen-bond donors (Lipinski definition) is 1. The van der Waals surface area contributed by atoms with E-state index in [4.69, 9.17) is 11.6 Å². The summed E-state index contributed by atoms with van der Waals surface area (Å²) in [6.45, 7) is 2.53. The first kappa shape index (κ1) is 15.3. The summed E-state index contributed by atoms with van der Waals surface area (Å²) in [6, 6.07) is 0.135. The topological polar surface area (TPSA) is 67.2 Å². The minimum Gasteiger partial charge on any atom is -0.317 e. The predicted molar refractivity (Wildman–Crippen MR) is 80.7 cm³/mol. The lowest BCUT2D eigenvalue weighted by atomic mass is 9.98. The van der Waals surface area contributed by atoms with Gasteiger partial charge in [-0.1, -0.05) is 11.6 Å². The average Bonchev–Trinajstić information content (AvgIpc) is 3.22. The number of nitrogens with one attached hydrogen (secondary N) is 1. The molecule has 118 valence electrons. The molecule has 0 aromatic carbocycles. The van der Waals surface area contributed by atoms with E-state index in [0.29, 0.717) is 12.5 Å². The van der Waals surface area contributed by atoms with Crippen LogP contribution in [0.3, 0.4) is 0 Å². The molecule has 1 N–H and O–H groups in total. The number of sulfonamides is 1. The zero-order valence-corrected chi connectivity index (χ0v) is 13.7. The lowest BCUT2D eigenvalue weighted by Gasteiger charge is -2.29. The molecule has 0 bridgehead atoms. The van der Waals surface area contributed by atoms with E-state index in [1.54, 1.807) is 11.4 Å². The summed E-state index contributed by atoms with van der Waals surface area (Å²) in [5, 5.41) is 7.59. The second-order valence-electron chi connectivity index (χ2n) is 5.92. The van der Waals surface area contributed by atoms with Gasteiger partial charge < -0.3 is 5.32 Å². The fourth-order valence-electron chi connectivity index (χ4n) is 2.93. The molecule has 2 heterocycles. The first-order chi connectivity index (χ1) is 10.00. The number of rotatable bonds is 5. The van der Waals surface area contributed by atoms with Gasteiger partial charge in [0.05, 0.1) is 11.2 Å². The van der Waals surface area contributed by atoms with Crippen molar-refractivity contribution in [2.75, 3.05) is 19.6 Å². The Labute approximate surface area is 130 Å². The molecule has 1 saturated carbocycles. The molecule has 0 unspecified atom stereocenters. The van der Waals surface area contributed by atoms with E-state index in [2.05, 4.69) is 10.4 Å². The Kier molecular flexibility index (Phi) is 4.27. The zero-order valence-electron chi connectivity index (χ0n) is 12.1. The summed E-state index contributed by atoms with van der Waals surface area (Å²) in [5.74, 6) is 0.425. The van der Waals surface area contributed by atoms with Gasteiger partial charge in [0, 0.05) is 19.6 Å². The van der Waals surface area contributed by atoms with Crippen LogP contribution in [0.2, 0.25) is 5.02 Å². The molecule has 2 fully saturated rings. The summed E-state index contributed by atoms with van der Waals surface area (Å²) in [6.07, 6.45) is 5.33. The quantitative estimate of drug-likeness (QED) is 0.880. The molecule has 3 rings (SSSR count). The van der Waals surface area contributed by atoms with E-state index in [1.165, 1.54) is 10.9 Å². The van der Waals surface area contributed by atoms with Crippen LogP contribution < -0.4 is 5.32 Å². The molecule has 1 aliphatic carbocycles. The third-order valence-corrected chi connectivity index (χ3v) is 6.67. The Bertz CT molecular complexity index is 586. The fourth-order valence-corrected chi connectivity index (χ4v) is 5.30. The number of halogens is 1. The van der Waals surface area contributed by atoms with Gasteiger partial charge in [-0.2, -0.15) is 9.40 Å². The van der Waals surface area contributed by atoms with Gasteiger partial charge in [0.15, 0.2) is 5.03 Å². The third kappa shape index (κ3) is 3.11. The number of piperidine rings is 1. The second-order valence-corrected chi connectivity index (χ2v) is 8.13. The molecular formula is C13H21ClN4O2S. The summed E-state index contributed by atoms with van der Waals surface area (Å²) in [5.41, 5.74) is 0. The standard InChI is InChI=1S/C13H21ClN4O2S/c1-17-13(12(14)8-16-17)21(19,20)18(11-2-3-11)9-10-4-6-15-7-5-10/h8,10-11,15H,2-7,9H2,1H3. The maximum atomic E-state index is 13.0. The van der Waals surface area contributed by atoms with Crippen molar-refractivity contribution in [3.8, 4) is 0 Å². The Morgan fingerprint density at radius 1 is 1.38 bits per heavy atom. The normalized spacial score (nSPS) is 21.1. The molecular weight excluding hydrogens is 312 g/mol. The smallest absolute Gasteiger partial charge is 0.262 e. The first-order valence-corrected chi connectivity index (χ1v) is 9.22. The molecule has 21 heavy (non-hydrogen) atoms. The maximum Gasteiger partial charge on any atom is 0.262 e. The molecule has 0 radical (unpaired) electrons. The molecule has 1 aromatic rings. The SMILES string of the molecule is Cn1ncc(Cl)c1S(=O)(=O)N(CC1CCNCC1)C1CC1. The van der Waals surface area contributed by atoms with Crippen LogP contribution in [0.4, 0.5) is 0 Å². The van der Waals surface area contributed by atoms with E-state index < -0.39 is 10.0 Å². The van der Waals surface area contributed by atoms with E-state index >= 15 is 0 Å². The number of nitrogens with zero attached hydrogens (tertiary/aromatic N) is 3. The highest BCUT2D eigenvalue weighted by molar-refractivity contribution is 7.89. The largest absolute Gasteiger partial charge is 0.317 e. The zero-order chi connectivity index (χ0) is 15.0. The molecule has 8 heteroatoms. The number of hydrogen-bond acceptors (Lipinski definition) is 4. The van der Waals surface area contributed by atoms with E-state index in [1.807, 2.05) is 0 Å². The van der Waals surface area contributed by atoms with Gasteiger partial charge in [-0.15, -0.1) is 0 Å². The maximum absolute atomic E-state index is 13.0. The monoisotopic (exact) mass is 332 g/mol. The molecule has 2 aliphatic rings. The molecule has 1 aliphatic heterocycles. The van der Waals surface area contributed by atoms with E-state index in [9.17, 15) is 8.42 Å². The van der Waals surface area contributed by atoms with Crippen LogP contribution in [0, 0.1) is 5.92 Å². The van der Waals surface area contributed by atoms with Crippen molar-refractivity contribution in [3.05, 3.63) is 11.2 Å². The van der Waals surface area contributed by atoms with Crippen molar-refractivity contribution in [1.29, 1.82) is 0 Å². The third-order valence-electron chi connectivity index (χ3n) is 4.25. The molecule has 1 saturated heterocycles. The van der Waals surface area contributed by atoms with Gasteiger partial charge in [0.25, 0.3) is 10.0 Å². The minimum absolute atomic E-state index is 0.116. The van der Waals surface area contributed by atoms with Crippen molar-refractivity contribution in [3.63, 3.8) is 0 Å². The second kappa shape index (κ2) is 5.87. The lowest BCUT2D eigenvalue weighted by Crippen LogP contribution is -2.41. The van der Waals surface area contributed by atoms with Crippen molar-refractivity contribution in [1.82, 2.24) is 19.4 Å².